The number of rotatable bonds is 7. The topological polar surface area (TPSA) is 59.7 Å². The summed E-state index contributed by atoms with van der Waals surface area (Å²) in [4.78, 5) is 10.9. The average Bonchev–Trinajstić information content (AvgIpc) is 2.27. The van der Waals surface area contributed by atoms with Crippen LogP contribution in [0.5, 0.6) is 0 Å². The first-order chi connectivity index (χ1) is 8.88. The lowest BCUT2D eigenvalue weighted by Gasteiger charge is -2.16. The SMILES string of the molecule is CC(C)Cc1ccc([C@@H](C)[NH2+][C@@H](C)CC(N)=O)cc1. The molecule has 0 bridgehead atoms. The number of primary amides is 1. The third-order valence-corrected chi connectivity index (χ3v) is 3.29. The van der Waals surface area contributed by atoms with Gasteiger partial charge in [-0.3, -0.25) is 4.79 Å². The third kappa shape index (κ3) is 5.88. The maximum Gasteiger partial charge on any atom is 0.223 e. The molecule has 0 aliphatic carbocycles. The van der Waals surface area contributed by atoms with E-state index in [2.05, 4.69) is 50.4 Å². The summed E-state index contributed by atoms with van der Waals surface area (Å²) in [5.41, 5.74) is 7.90. The second kappa shape index (κ2) is 7.29. The fraction of sp³-hybridized carbons (Fsp3) is 0.562. The molecule has 0 aliphatic heterocycles. The van der Waals surface area contributed by atoms with Crippen LogP contribution in [0.15, 0.2) is 24.3 Å². The normalized spacial score (nSPS) is 14.4. The Kier molecular flexibility index (Phi) is 6.03. The van der Waals surface area contributed by atoms with E-state index in [9.17, 15) is 4.79 Å². The van der Waals surface area contributed by atoms with Crippen molar-refractivity contribution in [2.75, 3.05) is 0 Å². The van der Waals surface area contributed by atoms with Crippen molar-refractivity contribution >= 4 is 5.91 Å². The number of amides is 1. The molecule has 0 saturated heterocycles. The van der Waals surface area contributed by atoms with E-state index in [0.717, 1.165) is 6.42 Å². The lowest BCUT2D eigenvalue weighted by molar-refractivity contribution is -0.721. The highest BCUT2D eigenvalue weighted by Gasteiger charge is 2.15. The van der Waals surface area contributed by atoms with E-state index in [4.69, 9.17) is 5.73 Å². The number of hydrogen-bond donors (Lipinski definition) is 2. The van der Waals surface area contributed by atoms with E-state index in [-0.39, 0.29) is 11.9 Å². The Balaban J connectivity index is 2.57. The standard InChI is InChI=1S/C16H26N2O/c1-11(2)9-14-5-7-15(8-6-14)13(4)18-12(3)10-16(17)19/h5-8,11-13,18H,9-10H2,1-4H3,(H2,17,19)/p+1/t12-,13+/m0/s1. The largest absolute Gasteiger partial charge is 0.369 e. The monoisotopic (exact) mass is 263 g/mol. The molecular weight excluding hydrogens is 236 g/mol. The van der Waals surface area contributed by atoms with Gasteiger partial charge in [-0.25, -0.2) is 0 Å². The molecule has 0 radical (unpaired) electrons. The molecule has 4 N–H and O–H groups in total. The second-order valence-electron chi connectivity index (χ2n) is 5.97. The van der Waals surface area contributed by atoms with Crippen molar-refractivity contribution in [1.29, 1.82) is 0 Å². The molecule has 1 rings (SSSR count). The van der Waals surface area contributed by atoms with Crippen molar-refractivity contribution in [2.24, 2.45) is 11.7 Å². The first kappa shape index (κ1) is 15.7. The average molecular weight is 263 g/mol. The molecule has 3 heteroatoms. The van der Waals surface area contributed by atoms with Gasteiger partial charge in [0.05, 0.1) is 12.5 Å². The molecule has 1 aromatic carbocycles. The summed E-state index contributed by atoms with van der Waals surface area (Å²) < 4.78 is 0. The summed E-state index contributed by atoms with van der Waals surface area (Å²) in [5, 5.41) is 2.20. The van der Waals surface area contributed by atoms with Gasteiger partial charge in [-0.1, -0.05) is 38.1 Å². The molecule has 19 heavy (non-hydrogen) atoms. The zero-order valence-corrected chi connectivity index (χ0v) is 12.5. The van der Waals surface area contributed by atoms with Crippen LogP contribution in [0.2, 0.25) is 0 Å². The van der Waals surface area contributed by atoms with E-state index in [1.807, 2.05) is 6.92 Å². The minimum Gasteiger partial charge on any atom is -0.369 e. The molecule has 2 atom stereocenters. The summed E-state index contributed by atoms with van der Waals surface area (Å²) in [6.07, 6.45) is 1.55. The maximum atomic E-state index is 10.9. The van der Waals surface area contributed by atoms with Crippen LogP contribution in [0.25, 0.3) is 0 Å². The summed E-state index contributed by atoms with van der Waals surface area (Å²) in [7, 11) is 0. The van der Waals surface area contributed by atoms with Crippen molar-refractivity contribution in [1.82, 2.24) is 0 Å². The van der Waals surface area contributed by atoms with Gasteiger partial charge in [-0.05, 0) is 31.7 Å². The van der Waals surface area contributed by atoms with Gasteiger partial charge in [-0.15, -0.1) is 0 Å². The maximum absolute atomic E-state index is 10.9. The number of carbonyl (C=O) groups is 1. The molecule has 0 heterocycles. The first-order valence-electron chi connectivity index (χ1n) is 7.10. The van der Waals surface area contributed by atoms with E-state index in [1.54, 1.807) is 0 Å². The van der Waals surface area contributed by atoms with Crippen molar-refractivity contribution in [3.8, 4) is 0 Å². The highest BCUT2D eigenvalue weighted by Crippen LogP contribution is 2.13. The van der Waals surface area contributed by atoms with E-state index >= 15 is 0 Å². The fourth-order valence-electron chi connectivity index (χ4n) is 2.42. The van der Waals surface area contributed by atoms with Crippen LogP contribution in [-0.2, 0) is 11.2 Å². The molecule has 1 aromatic rings. The molecule has 0 spiro atoms. The lowest BCUT2D eigenvalue weighted by atomic mass is 9.99. The molecule has 0 saturated carbocycles. The van der Waals surface area contributed by atoms with Gasteiger partial charge in [0.1, 0.15) is 6.04 Å². The smallest absolute Gasteiger partial charge is 0.223 e. The number of hydrogen-bond acceptors (Lipinski definition) is 1. The third-order valence-electron chi connectivity index (χ3n) is 3.29. The molecule has 1 amide bonds. The molecular formula is C16H27N2O+. The Morgan fingerprint density at radius 2 is 1.74 bits per heavy atom. The van der Waals surface area contributed by atoms with Crippen LogP contribution in [0, 0.1) is 5.92 Å². The zero-order valence-electron chi connectivity index (χ0n) is 12.5. The number of nitrogens with two attached hydrogens (primary N) is 2. The van der Waals surface area contributed by atoms with Crippen LogP contribution in [0.3, 0.4) is 0 Å². The van der Waals surface area contributed by atoms with E-state index in [0.29, 0.717) is 18.4 Å². The number of benzene rings is 1. The Hall–Kier alpha value is -1.35. The lowest BCUT2D eigenvalue weighted by Crippen LogP contribution is -2.89. The van der Waals surface area contributed by atoms with Crippen LogP contribution in [-0.4, -0.2) is 11.9 Å². The number of carbonyl (C=O) groups excluding carboxylic acids is 1. The molecule has 0 fully saturated rings. The summed E-state index contributed by atoms with van der Waals surface area (Å²) in [6.45, 7) is 8.66. The second-order valence-corrected chi connectivity index (χ2v) is 5.97. The minimum absolute atomic E-state index is 0.225. The first-order valence-corrected chi connectivity index (χ1v) is 7.10. The van der Waals surface area contributed by atoms with Gasteiger partial charge in [0.2, 0.25) is 5.91 Å². The molecule has 0 aromatic heterocycles. The Labute approximate surface area is 116 Å². The van der Waals surface area contributed by atoms with Crippen molar-refractivity contribution in [3.05, 3.63) is 35.4 Å². The van der Waals surface area contributed by atoms with E-state index < -0.39 is 0 Å². The molecule has 3 nitrogen and oxygen atoms in total. The zero-order chi connectivity index (χ0) is 14.4. The van der Waals surface area contributed by atoms with Crippen molar-refractivity contribution < 1.29 is 10.1 Å². The Morgan fingerprint density at radius 1 is 1.16 bits per heavy atom. The van der Waals surface area contributed by atoms with Crippen LogP contribution >= 0.6 is 0 Å². The van der Waals surface area contributed by atoms with Crippen LogP contribution in [0.1, 0.15) is 51.3 Å². The summed E-state index contributed by atoms with van der Waals surface area (Å²) in [5.74, 6) is 0.452. The predicted molar refractivity (Wildman–Crippen MR) is 78.6 cm³/mol. The van der Waals surface area contributed by atoms with Gasteiger partial charge < -0.3 is 11.1 Å². The highest BCUT2D eigenvalue weighted by molar-refractivity contribution is 5.74. The molecule has 106 valence electrons. The Morgan fingerprint density at radius 3 is 2.21 bits per heavy atom. The highest BCUT2D eigenvalue weighted by atomic mass is 16.1. The van der Waals surface area contributed by atoms with E-state index in [1.165, 1.54) is 11.1 Å². The predicted octanol–water partition coefficient (Wildman–Crippen LogP) is 1.77. The molecule has 0 aliphatic rings. The van der Waals surface area contributed by atoms with Gasteiger partial charge in [0.15, 0.2) is 0 Å². The number of quaternary nitrogens is 1. The van der Waals surface area contributed by atoms with Gasteiger partial charge in [0, 0.05) is 5.56 Å². The van der Waals surface area contributed by atoms with Crippen LogP contribution in [0.4, 0.5) is 0 Å². The van der Waals surface area contributed by atoms with Gasteiger partial charge >= 0.3 is 0 Å². The van der Waals surface area contributed by atoms with Crippen LogP contribution < -0.4 is 11.1 Å². The van der Waals surface area contributed by atoms with Crippen molar-refractivity contribution in [3.63, 3.8) is 0 Å². The van der Waals surface area contributed by atoms with Gasteiger partial charge in [0.25, 0.3) is 0 Å². The summed E-state index contributed by atoms with van der Waals surface area (Å²) in [6, 6.07) is 9.37. The minimum atomic E-state index is -0.233. The fourth-order valence-corrected chi connectivity index (χ4v) is 2.42. The molecule has 0 unspecified atom stereocenters. The van der Waals surface area contributed by atoms with Gasteiger partial charge in [-0.2, -0.15) is 0 Å². The van der Waals surface area contributed by atoms with Crippen molar-refractivity contribution in [2.45, 2.75) is 52.6 Å². The summed E-state index contributed by atoms with van der Waals surface area (Å²) >= 11 is 0. The quantitative estimate of drug-likeness (QED) is 0.774. The Bertz CT molecular complexity index is 398.